The van der Waals surface area contributed by atoms with Crippen LogP contribution >= 0.6 is 0 Å². The Hall–Kier alpha value is -1.36. The van der Waals surface area contributed by atoms with Crippen LogP contribution in [0.4, 0.5) is 8.78 Å². The molecular formula is C9H9F2NO2. The lowest BCUT2D eigenvalue weighted by molar-refractivity contribution is -0.286. The first-order valence-electron chi connectivity index (χ1n) is 4.13. The molecule has 1 aromatic rings. The molecule has 1 aliphatic rings. The van der Waals surface area contributed by atoms with Crippen molar-refractivity contribution in [2.45, 2.75) is 19.3 Å². The number of nitrogens with two attached hydrogens (primary N) is 1. The van der Waals surface area contributed by atoms with Gasteiger partial charge < -0.3 is 15.2 Å². The van der Waals surface area contributed by atoms with E-state index in [9.17, 15) is 8.78 Å². The third-order valence-electron chi connectivity index (χ3n) is 1.95. The van der Waals surface area contributed by atoms with Crippen molar-refractivity contribution in [3.8, 4) is 11.5 Å². The molecule has 0 amide bonds. The predicted octanol–water partition coefficient (Wildman–Crippen LogP) is 2.03. The fourth-order valence-corrected chi connectivity index (χ4v) is 1.25. The maximum atomic E-state index is 12.6. The Morgan fingerprint density at radius 2 is 1.93 bits per heavy atom. The Morgan fingerprint density at radius 1 is 1.29 bits per heavy atom. The van der Waals surface area contributed by atoms with Crippen molar-refractivity contribution in [1.82, 2.24) is 0 Å². The van der Waals surface area contributed by atoms with Crippen LogP contribution in [0.5, 0.6) is 11.5 Å². The summed E-state index contributed by atoms with van der Waals surface area (Å²) in [6.07, 6.45) is -3.56. The third kappa shape index (κ3) is 1.50. The van der Waals surface area contributed by atoms with E-state index in [1.807, 2.05) is 0 Å². The molecule has 1 atom stereocenters. The van der Waals surface area contributed by atoms with Gasteiger partial charge in [-0.2, -0.15) is 0 Å². The predicted molar refractivity (Wildman–Crippen MR) is 45.2 cm³/mol. The van der Waals surface area contributed by atoms with E-state index in [4.69, 9.17) is 5.73 Å². The van der Waals surface area contributed by atoms with Gasteiger partial charge in [0.2, 0.25) is 0 Å². The Morgan fingerprint density at radius 3 is 2.57 bits per heavy atom. The zero-order valence-electron chi connectivity index (χ0n) is 7.46. The molecule has 1 aliphatic heterocycles. The maximum Gasteiger partial charge on any atom is 0.586 e. The molecule has 0 saturated heterocycles. The van der Waals surface area contributed by atoms with Crippen molar-refractivity contribution < 1.29 is 18.3 Å². The van der Waals surface area contributed by atoms with Crippen LogP contribution in [0.1, 0.15) is 18.5 Å². The Balaban J connectivity index is 2.36. The van der Waals surface area contributed by atoms with Gasteiger partial charge in [0.05, 0.1) is 0 Å². The fraction of sp³-hybridized carbons (Fsp3) is 0.333. The van der Waals surface area contributed by atoms with E-state index in [1.54, 1.807) is 13.0 Å². The largest absolute Gasteiger partial charge is 0.586 e. The Kier molecular flexibility index (Phi) is 1.85. The van der Waals surface area contributed by atoms with E-state index in [0.29, 0.717) is 0 Å². The summed E-state index contributed by atoms with van der Waals surface area (Å²) in [7, 11) is 0. The fourth-order valence-electron chi connectivity index (χ4n) is 1.25. The number of alkyl halides is 2. The molecule has 76 valence electrons. The maximum absolute atomic E-state index is 12.6. The lowest BCUT2D eigenvalue weighted by atomic mass is 10.1. The van der Waals surface area contributed by atoms with Crippen molar-refractivity contribution in [2.75, 3.05) is 0 Å². The summed E-state index contributed by atoms with van der Waals surface area (Å²) in [6, 6.07) is 4.29. The molecule has 0 unspecified atom stereocenters. The molecule has 3 nitrogen and oxygen atoms in total. The second-order valence-electron chi connectivity index (χ2n) is 3.16. The normalized spacial score (nSPS) is 19.4. The van der Waals surface area contributed by atoms with Gasteiger partial charge in [0.1, 0.15) is 0 Å². The number of benzene rings is 1. The highest BCUT2D eigenvalue weighted by Crippen LogP contribution is 2.41. The molecule has 0 bridgehead atoms. The molecule has 14 heavy (non-hydrogen) atoms. The molecule has 1 heterocycles. The lowest BCUT2D eigenvalue weighted by Gasteiger charge is -2.05. The molecule has 0 fully saturated rings. The van der Waals surface area contributed by atoms with Crippen molar-refractivity contribution in [1.29, 1.82) is 0 Å². The molecule has 0 radical (unpaired) electrons. The van der Waals surface area contributed by atoms with Crippen LogP contribution in [-0.4, -0.2) is 6.29 Å². The van der Waals surface area contributed by atoms with E-state index in [0.717, 1.165) is 5.56 Å². The van der Waals surface area contributed by atoms with Crippen LogP contribution in [-0.2, 0) is 0 Å². The van der Waals surface area contributed by atoms with Crippen LogP contribution in [0.15, 0.2) is 18.2 Å². The molecule has 1 aromatic carbocycles. The number of fused-ring (bicyclic) bond motifs is 1. The highest BCUT2D eigenvalue weighted by atomic mass is 19.3. The second kappa shape index (κ2) is 2.81. The summed E-state index contributed by atoms with van der Waals surface area (Å²) in [5, 5.41) is 0. The minimum absolute atomic E-state index is 0.0322. The average molecular weight is 201 g/mol. The topological polar surface area (TPSA) is 44.5 Å². The molecule has 2 rings (SSSR count). The highest BCUT2D eigenvalue weighted by molar-refractivity contribution is 5.45. The quantitative estimate of drug-likeness (QED) is 0.756. The van der Waals surface area contributed by atoms with Gasteiger partial charge in [-0.05, 0) is 24.6 Å². The molecule has 0 spiro atoms. The molecule has 5 heteroatoms. The van der Waals surface area contributed by atoms with E-state index < -0.39 is 6.29 Å². The summed E-state index contributed by atoms with van der Waals surface area (Å²) in [5.74, 6) is 0.0733. The molecule has 0 saturated carbocycles. The number of rotatable bonds is 1. The van der Waals surface area contributed by atoms with Crippen molar-refractivity contribution in [2.24, 2.45) is 5.73 Å². The van der Waals surface area contributed by atoms with Crippen LogP contribution < -0.4 is 15.2 Å². The van der Waals surface area contributed by atoms with Crippen LogP contribution in [0.3, 0.4) is 0 Å². The van der Waals surface area contributed by atoms with Gasteiger partial charge in [0, 0.05) is 6.04 Å². The summed E-state index contributed by atoms with van der Waals surface area (Å²) >= 11 is 0. The summed E-state index contributed by atoms with van der Waals surface area (Å²) in [4.78, 5) is 0. The molecule has 2 N–H and O–H groups in total. The summed E-state index contributed by atoms with van der Waals surface area (Å²) in [6.45, 7) is 1.76. The molecular weight excluding hydrogens is 192 g/mol. The lowest BCUT2D eigenvalue weighted by Crippen LogP contribution is -2.25. The van der Waals surface area contributed by atoms with E-state index in [-0.39, 0.29) is 17.5 Å². The Bertz CT molecular complexity index is 366. The van der Waals surface area contributed by atoms with Crippen molar-refractivity contribution in [3.63, 3.8) is 0 Å². The van der Waals surface area contributed by atoms with E-state index >= 15 is 0 Å². The van der Waals surface area contributed by atoms with Crippen molar-refractivity contribution >= 4 is 0 Å². The van der Waals surface area contributed by atoms with Crippen molar-refractivity contribution in [3.05, 3.63) is 23.8 Å². The SMILES string of the molecule is C[C@@H](N)c1ccc2c(c1)OC(F)(F)O2. The monoisotopic (exact) mass is 201 g/mol. The minimum atomic E-state index is -3.56. The average Bonchev–Trinajstić information content (AvgIpc) is 2.36. The second-order valence-corrected chi connectivity index (χ2v) is 3.16. The number of hydrogen-bond acceptors (Lipinski definition) is 3. The van der Waals surface area contributed by atoms with E-state index in [1.165, 1.54) is 12.1 Å². The van der Waals surface area contributed by atoms with Crippen LogP contribution in [0.25, 0.3) is 0 Å². The van der Waals surface area contributed by atoms with Crippen LogP contribution in [0.2, 0.25) is 0 Å². The minimum Gasteiger partial charge on any atom is -0.395 e. The van der Waals surface area contributed by atoms with Gasteiger partial charge in [0.15, 0.2) is 11.5 Å². The van der Waals surface area contributed by atoms with E-state index in [2.05, 4.69) is 9.47 Å². The van der Waals surface area contributed by atoms with Gasteiger partial charge in [-0.15, -0.1) is 8.78 Å². The Labute approximate surface area is 79.4 Å². The van der Waals surface area contributed by atoms with Crippen LogP contribution in [0, 0.1) is 0 Å². The highest BCUT2D eigenvalue weighted by Gasteiger charge is 2.43. The van der Waals surface area contributed by atoms with Gasteiger partial charge in [0.25, 0.3) is 0 Å². The zero-order valence-corrected chi connectivity index (χ0v) is 7.46. The third-order valence-corrected chi connectivity index (χ3v) is 1.95. The first-order chi connectivity index (χ1) is 6.48. The van der Waals surface area contributed by atoms with Gasteiger partial charge >= 0.3 is 6.29 Å². The summed E-state index contributed by atoms with van der Waals surface area (Å²) < 4.78 is 33.7. The first kappa shape index (κ1) is 9.21. The number of halogens is 2. The molecule has 0 aliphatic carbocycles. The van der Waals surface area contributed by atoms with Gasteiger partial charge in [-0.1, -0.05) is 6.07 Å². The summed E-state index contributed by atoms with van der Waals surface area (Å²) in [5.41, 5.74) is 6.32. The number of hydrogen-bond donors (Lipinski definition) is 1. The zero-order chi connectivity index (χ0) is 10.3. The standard InChI is InChI=1S/C9H9F2NO2/c1-5(12)6-2-3-7-8(4-6)14-9(10,11)13-7/h2-5H,12H2,1H3/t5-/m1/s1. The molecule has 0 aromatic heterocycles. The van der Waals surface area contributed by atoms with Gasteiger partial charge in [-0.25, -0.2) is 0 Å². The number of ether oxygens (including phenoxy) is 2. The smallest absolute Gasteiger partial charge is 0.395 e. The first-order valence-corrected chi connectivity index (χ1v) is 4.13. The van der Waals surface area contributed by atoms with Gasteiger partial charge in [-0.3, -0.25) is 0 Å².